The summed E-state index contributed by atoms with van der Waals surface area (Å²) in [5.74, 6) is 0.421. The molecule has 122 valence electrons. The molecule has 0 bridgehead atoms. The maximum atomic E-state index is 9.42. The Hall–Kier alpha value is -1.68. The van der Waals surface area contributed by atoms with Gasteiger partial charge < -0.3 is 5.11 Å². The third-order valence-electron chi connectivity index (χ3n) is 4.63. The first kappa shape index (κ1) is 16.2. The van der Waals surface area contributed by atoms with Crippen LogP contribution in [0.2, 0.25) is 0 Å². The van der Waals surface area contributed by atoms with Crippen LogP contribution in [0.5, 0.6) is 0 Å². The Morgan fingerprint density at radius 3 is 2.22 bits per heavy atom. The van der Waals surface area contributed by atoms with E-state index in [2.05, 4.69) is 70.7 Å². The summed E-state index contributed by atoms with van der Waals surface area (Å²) < 4.78 is 0. The zero-order chi connectivity index (χ0) is 15.9. The third kappa shape index (κ3) is 4.64. The highest BCUT2D eigenvalue weighted by Gasteiger charge is 2.26. The SMILES string of the molecule is OC[C@H]1CCN(N(CCc2ccccc2)Cc2ccccc2)C1. The molecule has 0 amide bonds. The number of aliphatic hydroxyl groups excluding tert-OH is 1. The van der Waals surface area contributed by atoms with Crippen molar-refractivity contribution in [3.63, 3.8) is 0 Å². The summed E-state index contributed by atoms with van der Waals surface area (Å²) in [7, 11) is 0. The quantitative estimate of drug-likeness (QED) is 0.852. The monoisotopic (exact) mass is 310 g/mol. The summed E-state index contributed by atoms with van der Waals surface area (Å²) in [5, 5.41) is 14.3. The molecule has 1 atom stereocenters. The van der Waals surface area contributed by atoms with Crippen LogP contribution in [0.3, 0.4) is 0 Å². The zero-order valence-electron chi connectivity index (χ0n) is 13.6. The Morgan fingerprint density at radius 2 is 1.61 bits per heavy atom. The van der Waals surface area contributed by atoms with E-state index in [9.17, 15) is 5.11 Å². The van der Waals surface area contributed by atoms with Gasteiger partial charge in [0.05, 0.1) is 0 Å². The van der Waals surface area contributed by atoms with Crippen molar-refractivity contribution >= 4 is 0 Å². The van der Waals surface area contributed by atoms with Gasteiger partial charge in [0.25, 0.3) is 0 Å². The summed E-state index contributed by atoms with van der Waals surface area (Å²) in [6.45, 7) is 4.27. The van der Waals surface area contributed by atoms with Crippen molar-refractivity contribution in [2.45, 2.75) is 19.4 Å². The second-order valence-electron chi connectivity index (χ2n) is 6.36. The average molecular weight is 310 g/mol. The van der Waals surface area contributed by atoms with E-state index in [0.29, 0.717) is 12.5 Å². The van der Waals surface area contributed by atoms with Gasteiger partial charge in [0.15, 0.2) is 0 Å². The second kappa shape index (κ2) is 8.25. The van der Waals surface area contributed by atoms with E-state index in [1.165, 1.54) is 11.1 Å². The van der Waals surface area contributed by atoms with Crippen LogP contribution >= 0.6 is 0 Å². The first-order valence-corrected chi connectivity index (χ1v) is 8.53. The van der Waals surface area contributed by atoms with E-state index < -0.39 is 0 Å². The van der Waals surface area contributed by atoms with Crippen molar-refractivity contribution in [2.75, 3.05) is 26.2 Å². The number of aliphatic hydroxyl groups is 1. The minimum atomic E-state index is 0.300. The number of rotatable bonds is 7. The molecule has 2 aromatic carbocycles. The van der Waals surface area contributed by atoms with E-state index in [4.69, 9.17) is 0 Å². The van der Waals surface area contributed by atoms with Gasteiger partial charge in [0, 0.05) is 32.8 Å². The molecule has 1 heterocycles. The van der Waals surface area contributed by atoms with Gasteiger partial charge in [-0.15, -0.1) is 0 Å². The van der Waals surface area contributed by atoms with Crippen LogP contribution in [0.1, 0.15) is 17.5 Å². The second-order valence-corrected chi connectivity index (χ2v) is 6.36. The van der Waals surface area contributed by atoms with Crippen LogP contribution in [0, 0.1) is 5.92 Å². The fraction of sp³-hybridized carbons (Fsp3) is 0.400. The van der Waals surface area contributed by atoms with Crippen LogP contribution in [-0.2, 0) is 13.0 Å². The summed E-state index contributed by atoms with van der Waals surface area (Å²) in [5.41, 5.74) is 2.72. The zero-order valence-corrected chi connectivity index (χ0v) is 13.6. The maximum Gasteiger partial charge on any atom is 0.0472 e. The molecule has 23 heavy (non-hydrogen) atoms. The molecule has 1 aliphatic rings. The number of hydrazine groups is 1. The van der Waals surface area contributed by atoms with Crippen molar-refractivity contribution in [3.8, 4) is 0 Å². The summed E-state index contributed by atoms with van der Waals surface area (Å²) in [6, 6.07) is 21.3. The normalized spacial score (nSPS) is 18.6. The molecule has 0 aliphatic carbocycles. The molecule has 0 radical (unpaired) electrons. The van der Waals surface area contributed by atoms with Gasteiger partial charge in [-0.2, -0.15) is 0 Å². The average Bonchev–Trinajstić information content (AvgIpc) is 3.09. The molecule has 1 N–H and O–H groups in total. The fourth-order valence-corrected chi connectivity index (χ4v) is 3.24. The maximum absolute atomic E-state index is 9.42. The minimum absolute atomic E-state index is 0.300. The predicted octanol–water partition coefficient (Wildman–Crippen LogP) is 2.96. The molecule has 3 nitrogen and oxygen atoms in total. The van der Waals surface area contributed by atoms with Crippen LogP contribution < -0.4 is 0 Å². The van der Waals surface area contributed by atoms with Crippen LogP contribution in [0.4, 0.5) is 0 Å². The Kier molecular flexibility index (Phi) is 5.81. The molecular formula is C20H26N2O. The minimum Gasteiger partial charge on any atom is -0.396 e. The highest BCUT2D eigenvalue weighted by Crippen LogP contribution is 2.20. The molecule has 3 heteroatoms. The van der Waals surface area contributed by atoms with Gasteiger partial charge in [0.1, 0.15) is 0 Å². The topological polar surface area (TPSA) is 26.7 Å². The lowest BCUT2D eigenvalue weighted by Crippen LogP contribution is -2.42. The van der Waals surface area contributed by atoms with E-state index >= 15 is 0 Å². The molecule has 1 aliphatic heterocycles. The van der Waals surface area contributed by atoms with Crippen LogP contribution in [-0.4, -0.2) is 41.4 Å². The third-order valence-corrected chi connectivity index (χ3v) is 4.63. The highest BCUT2D eigenvalue weighted by atomic mass is 16.3. The van der Waals surface area contributed by atoms with Crippen LogP contribution in [0.25, 0.3) is 0 Å². The predicted molar refractivity (Wildman–Crippen MR) is 93.8 cm³/mol. The van der Waals surface area contributed by atoms with E-state index in [1.54, 1.807) is 0 Å². The number of nitrogens with zero attached hydrogens (tertiary/aromatic N) is 2. The molecule has 0 saturated carbocycles. The van der Waals surface area contributed by atoms with E-state index in [1.807, 2.05) is 0 Å². The molecule has 0 unspecified atom stereocenters. The lowest BCUT2D eigenvalue weighted by atomic mass is 10.1. The molecule has 3 rings (SSSR count). The lowest BCUT2D eigenvalue weighted by molar-refractivity contribution is -0.0160. The highest BCUT2D eigenvalue weighted by molar-refractivity contribution is 5.16. The number of hydrogen-bond donors (Lipinski definition) is 1. The van der Waals surface area contributed by atoms with Crippen LogP contribution in [0.15, 0.2) is 60.7 Å². The van der Waals surface area contributed by atoms with E-state index in [0.717, 1.165) is 39.0 Å². The van der Waals surface area contributed by atoms with Gasteiger partial charge in [-0.3, -0.25) is 0 Å². The molecule has 0 aromatic heterocycles. The van der Waals surface area contributed by atoms with Gasteiger partial charge in [0.2, 0.25) is 0 Å². The van der Waals surface area contributed by atoms with Gasteiger partial charge in [-0.25, -0.2) is 10.0 Å². The molecule has 2 aromatic rings. The summed E-state index contributed by atoms with van der Waals surface area (Å²) >= 11 is 0. The van der Waals surface area contributed by atoms with E-state index in [-0.39, 0.29) is 0 Å². The van der Waals surface area contributed by atoms with Crippen molar-refractivity contribution in [2.24, 2.45) is 5.92 Å². The lowest BCUT2D eigenvalue weighted by Gasteiger charge is -2.32. The number of benzene rings is 2. The summed E-state index contributed by atoms with van der Waals surface area (Å²) in [4.78, 5) is 0. The first-order chi connectivity index (χ1) is 11.3. The molecule has 0 spiro atoms. The first-order valence-electron chi connectivity index (χ1n) is 8.53. The summed E-state index contributed by atoms with van der Waals surface area (Å²) in [6.07, 6.45) is 2.14. The van der Waals surface area contributed by atoms with Gasteiger partial charge in [-0.05, 0) is 29.9 Å². The Morgan fingerprint density at radius 1 is 0.957 bits per heavy atom. The number of hydrogen-bond acceptors (Lipinski definition) is 3. The van der Waals surface area contributed by atoms with Crippen molar-refractivity contribution < 1.29 is 5.11 Å². The Balaban J connectivity index is 1.65. The molecule has 1 fully saturated rings. The largest absolute Gasteiger partial charge is 0.396 e. The van der Waals surface area contributed by atoms with Crippen molar-refractivity contribution in [1.82, 2.24) is 10.0 Å². The Labute approximate surface area is 139 Å². The molecular weight excluding hydrogens is 284 g/mol. The van der Waals surface area contributed by atoms with Crippen molar-refractivity contribution in [3.05, 3.63) is 71.8 Å². The smallest absolute Gasteiger partial charge is 0.0472 e. The molecule has 1 saturated heterocycles. The Bertz CT molecular complexity index is 573. The van der Waals surface area contributed by atoms with Gasteiger partial charge >= 0.3 is 0 Å². The van der Waals surface area contributed by atoms with Gasteiger partial charge in [-0.1, -0.05) is 60.7 Å². The standard InChI is InChI=1S/C20H26N2O/c23-17-20-12-14-22(16-20)21(15-19-9-5-2-6-10-19)13-11-18-7-3-1-4-8-18/h1-10,20,23H,11-17H2/t20-/m0/s1. The fourth-order valence-electron chi connectivity index (χ4n) is 3.24. The van der Waals surface area contributed by atoms with Crippen molar-refractivity contribution in [1.29, 1.82) is 0 Å².